The molecule has 0 radical (unpaired) electrons. The Labute approximate surface area is 256 Å². The van der Waals surface area contributed by atoms with E-state index in [1.54, 1.807) is 52.9 Å². The highest BCUT2D eigenvalue weighted by Gasteiger charge is 2.23. The quantitative estimate of drug-likeness (QED) is 0.135. The maximum atomic E-state index is 14.2. The summed E-state index contributed by atoms with van der Waals surface area (Å²) in [5.41, 5.74) is 5.93. The van der Waals surface area contributed by atoms with Crippen molar-refractivity contribution < 1.29 is 28.2 Å². The first-order valence-electron chi connectivity index (χ1n) is 13.6. The lowest BCUT2D eigenvalue weighted by Gasteiger charge is -2.17. The fourth-order valence-electron chi connectivity index (χ4n) is 4.90. The summed E-state index contributed by atoms with van der Waals surface area (Å²) < 4.78 is 24.8. The molecule has 5 rings (SSSR count). The monoisotopic (exact) mass is 622 g/mol. The molecule has 3 N–H and O–H groups in total. The molecule has 3 aromatic carbocycles. The molecule has 1 aliphatic rings. The number of aromatic amines is 1. The number of amides is 3. The van der Waals surface area contributed by atoms with Crippen LogP contribution in [0.4, 0.5) is 19.7 Å². The van der Waals surface area contributed by atoms with E-state index in [4.69, 9.17) is 9.47 Å². The van der Waals surface area contributed by atoms with Crippen LogP contribution in [0.1, 0.15) is 27.0 Å². The second-order valence-corrected chi connectivity index (χ2v) is 12.6. The van der Waals surface area contributed by atoms with Crippen LogP contribution in [0, 0.1) is 5.82 Å². The number of nitrogens with one attached hydrogen (secondary N) is 3. The average molecular weight is 623 g/mol. The Hall–Kier alpha value is -4.16. The fourth-order valence-corrected chi connectivity index (χ4v) is 5.92. The van der Waals surface area contributed by atoms with Crippen LogP contribution < -0.4 is 10.6 Å². The second-order valence-electron chi connectivity index (χ2n) is 9.91. The van der Waals surface area contributed by atoms with E-state index in [-0.39, 0.29) is 12.5 Å². The average Bonchev–Trinajstić information content (AvgIpc) is 3.27. The summed E-state index contributed by atoms with van der Waals surface area (Å²) in [5, 5.41) is 6.26. The number of benzene rings is 3. The summed E-state index contributed by atoms with van der Waals surface area (Å²) in [5.74, 6) is -0.0228. The van der Waals surface area contributed by atoms with E-state index < -0.39 is 18.0 Å². The topological polar surface area (TPSA) is 113 Å². The molecule has 0 fully saturated rings. The minimum atomic E-state index is -0.514. The number of ether oxygens (including phenoxy) is 2. The molecular weight excluding hydrogens is 591 g/mol. The Morgan fingerprint density at radius 1 is 1.05 bits per heavy atom. The third-order valence-corrected chi connectivity index (χ3v) is 8.70. The van der Waals surface area contributed by atoms with Crippen molar-refractivity contribution in [3.05, 3.63) is 88.7 Å². The number of aromatic nitrogens is 1. The van der Waals surface area contributed by atoms with Crippen LogP contribution in [0.25, 0.3) is 22.2 Å². The van der Waals surface area contributed by atoms with Crippen LogP contribution in [0.5, 0.6) is 0 Å². The predicted octanol–water partition coefficient (Wildman–Crippen LogP) is 6.59. The molecule has 1 aromatic heterocycles. The molecule has 0 atom stereocenters. The SMILES string of the molecule is CSSCCOC(=O)Nc1ccc(COC(=O)N(C)Cc2ccc(-c3[nH]c4cc(F)cc5c4c3CCNC5=O)cc2)cc1. The minimum Gasteiger partial charge on any atom is -0.448 e. The van der Waals surface area contributed by atoms with Crippen molar-refractivity contribution >= 4 is 56.3 Å². The van der Waals surface area contributed by atoms with Crippen molar-refractivity contribution in [1.29, 1.82) is 0 Å². The number of nitrogens with zero attached hydrogens (tertiary/aromatic N) is 1. The third-order valence-electron chi connectivity index (χ3n) is 6.93. The lowest BCUT2D eigenvalue weighted by atomic mass is 9.99. The van der Waals surface area contributed by atoms with Gasteiger partial charge in [-0.3, -0.25) is 10.1 Å². The second kappa shape index (κ2) is 13.9. The standard InChI is InChI=1S/C31H31FN4O5S2/c1-36(31(39)41-18-20-5-9-23(10-6-20)34-30(38)40-13-14-43-42-2)17-19-3-7-21(8-4-19)28-24-11-12-33-29(37)25-15-22(32)16-26(35-28)27(24)25/h3-10,15-16,35H,11-14,17-18H2,1-2H3,(H,33,37)(H,34,38). The number of hydrogen-bond donors (Lipinski definition) is 3. The van der Waals surface area contributed by atoms with E-state index in [0.29, 0.717) is 42.9 Å². The van der Waals surface area contributed by atoms with Crippen LogP contribution in [0.2, 0.25) is 0 Å². The van der Waals surface area contributed by atoms with Gasteiger partial charge in [0.25, 0.3) is 5.91 Å². The van der Waals surface area contributed by atoms with Crippen LogP contribution in [0.3, 0.4) is 0 Å². The first kappa shape index (κ1) is 30.3. The molecule has 9 nitrogen and oxygen atoms in total. The van der Waals surface area contributed by atoms with Gasteiger partial charge in [-0.25, -0.2) is 14.0 Å². The van der Waals surface area contributed by atoms with E-state index in [2.05, 4.69) is 15.6 Å². The Bertz CT molecular complexity index is 1630. The number of anilines is 1. The molecular formula is C31H31FN4O5S2. The first-order valence-corrected chi connectivity index (χ1v) is 16.3. The van der Waals surface area contributed by atoms with Gasteiger partial charge in [0.15, 0.2) is 0 Å². The largest absolute Gasteiger partial charge is 0.448 e. The van der Waals surface area contributed by atoms with Crippen LogP contribution >= 0.6 is 21.6 Å². The van der Waals surface area contributed by atoms with Crippen molar-refractivity contribution in [2.24, 2.45) is 0 Å². The summed E-state index contributed by atoms with van der Waals surface area (Å²) in [7, 11) is 4.90. The molecule has 0 saturated carbocycles. The van der Waals surface area contributed by atoms with Crippen molar-refractivity contribution in [2.45, 2.75) is 19.6 Å². The number of halogens is 1. The van der Waals surface area contributed by atoms with Gasteiger partial charge >= 0.3 is 12.2 Å². The fraction of sp³-hybridized carbons (Fsp3) is 0.258. The Morgan fingerprint density at radius 3 is 2.53 bits per heavy atom. The number of hydrogen-bond acceptors (Lipinski definition) is 7. The molecule has 12 heteroatoms. The molecule has 43 heavy (non-hydrogen) atoms. The summed E-state index contributed by atoms with van der Waals surface area (Å²) >= 11 is 0. The summed E-state index contributed by atoms with van der Waals surface area (Å²) in [6, 6.07) is 17.4. The van der Waals surface area contributed by atoms with Crippen LogP contribution in [0.15, 0.2) is 60.7 Å². The number of carbonyl (C=O) groups excluding carboxylic acids is 3. The minimum absolute atomic E-state index is 0.0852. The van der Waals surface area contributed by atoms with E-state index >= 15 is 0 Å². The Balaban J connectivity index is 1.15. The summed E-state index contributed by atoms with van der Waals surface area (Å²) in [6.45, 7) is 1.22. The zero-order chi connectivity index (χ0) is 30.3. The van der Waals surface area contributed by atoms with E-state index in [1.807, 2.05) is 30.5 Å². The van der Waals surface area contributed by atoms with E-state index in [9.17, 15) is 18.8 Å². The molecule has 1 aliphatic heterocycles. The molecule has 0 saturated heterocycles. The molecule has 0 bridgehead atoms. The Morgan fingerprint density at radius 2 is 1.79 bits per heavy atom. The van der Waals surface area contributed by atoms with Crippen molar-refractivity contribution in [2.75, 3.05) is 37.5 Å². The normalized spacial score (nSPS) is 12.4. The Kier molecular flexibility index (Phi) is 9.78. The molecule has 0 spiro atoms. The number of H-pyrrole nitrogens is 1. The number of carbonyl (C=O) groups is 3. The molecule has 2 heterocycles. The van der Waals surface area contributed by atoms with E-state index in [1.165, 1.54) is 17.0 Å². The van der Waals surface area contributed by atoms with Gasteiger partial charge in [-0.05, 0) is 59.2 Å². The summed E-state index contributed by atoms with van der Waals surface area (Å²) in [4.78, 5) is 41.7. The highest BCUT2D eigenvalue weighted by Crippen LogP contribution is 2.35. The van der Waals surface area contributed by atoms with Gasteiger partial charge in [0, 0.05) is 48.2 Å². The van der Waals surface area contributed by atoms with Crippen molar-refractivity contribution in [1.82, 2.24) is 15.2 Å². The van der Waals surface area contributed by atoms with Crippen molar-refractivity contribution in [3.8, 4) is 11.3 Å². The predicted molar refractivity (Wildman–Crippen MR) is 169 cm³/mol. The first-order chi connectivity index (χ1) is 20.8. The van der Waals surface area contributed by atoms with Gasteiger partial charge in [0.1, 0.15) is 19.0 Å². The van der Waals surface area contributed by atoms with Gasteiger partial charge in [-0.1, -0.05) is 58.0 Å². The van der Waals surface area contributed by atoms with Crippen LogP contribution in [-0.4, -0.2) is 60.2 Å². The third kappa shape index (κ3) is 7.44. The van der Waals surface area contributed by atoms with Gasteiger partial charge < -0.3 is 24.7 Å². The van der Waals surface area contributed by atoms with Gasteiger partial charge in [0.2, 0.25) is 0 Å². The number of rotatable bonds is 10. The van der Waals surface area contributed by atoms with E-state index in [0.717, 1.165) is 39.1 Å². The highest BCUT2D eigenvalue weighted by atomic mass is 33.1. The lowest BCUT2D eigenvalue weighted by Crippen LogP contribution is -2.26. The highest BCUT2D eigenvalue weighted by molar-refractivity contribution is 8.76. The van der Waals surface area contributed by atoms with Crippen LogP contribution in [-0.2, 0) is 29.0 Å². The zero-order valence-electron chi connectivity index (χ0n) is 23.7. The zero-order valence-corrected chi connectivity index (χ0v) is 25.3. The molecule has 0 aliphatic carbocycles. The molecule has 0 unspecified atom stereocenters. The smallest absolute Gasteiger partial charge is 0.411 e. The molecule has 224 valence electrons. The maximum absolute atomic E-state index is 14.2. The van der Waals surface area contributed by atoms with Gasteiger partial charge in [0.05, 0.1) is 5.56 Å². The molecule has 4 aromatic rings. The maximum Gasteiger partial charge on any atom is 0.411 e. The van der Waals surface area contributed by atoms with Gasteiger partial charge in [-0.15, -0.1) is 0 Å². The van der Waals surface area contributed by atoms with Crippen molar-refractivity contribution in [3.63, 3.8) is 0 Å². The van der Waals surface area contributed by atoms with Gasteiger partial charge in [-0.2, -0.15) is 0 Å². The molecule has 3 amide bonds. The lowest BCUT2D eigenvalue weighted by molar-refractivity contribution is 0.0956. The summed E-state index contributed by atoms with van der Waals surface area (Å²) in [6.07, 6.45) is 1.61.